The van der Waals surface area contributed by atoms with Crippen molar-refractivity contribution in [3.8, 4) is 0 Å². The molecule has 0 aromatic heterocycles. The van der Waals surface area contributed by atoms with Gasteiger partial charge in [0.1, 0.15) is 0 Å². The van der Waals surface area contributed by atoms with E-state index in [9.17, 15) is 4.79 Å². The normalized spacial score (nSPS) is 11.1. The fourth-order valence-electron chi connectivity index (χ4n) is 1.92. The molecule has 2 rings (SSSR count). The molecule has 0 bridgehead atoms. The Bertz CT molecular complexity index is 663. The highest BCUT2D eigenvalue weighted by Crippen LogP contribution is 2.20. The predicted octanol–water partition coefficient (Wildman–Crippen LogP) is 4.38. The molecule has 0 heterocycles. The van der Waals surface area contributed by atoms with E-state index >= 15 is 0 Å². The molecule has 0 radical (unpaired) electrons. The second kappa shape index (κ2) is 7.09. The number of anilines is 1. The quantitative estimate of drug-likeness (QED) is 0.660. The number of carbonyl (C=O) groups excluding carboxylic acids is 1. The van der Waals surface area contributed by atoms with Gasteiger partial charge in [0, 0.05) is 5.02 Å². The maximum absolute atomic E-state index is 11.6. The Labute approximate surface area is 135 Å². The van der Waals surface area contributed by atoms with Crippen LogP contribution in [0.2, 0.25) is 5.02 Å². The second-order valence-electron chi connectivity index (χ2n) is 5.19. The summed E-state index contributed by atoms with van der Waals surface area (Å²) < 4.78 is 0. The number of hydrazone groups is 1. The van der Waals surface area contributed by atoms with Gasteiger partial charge >= 0.3 is 6.03 Å². The first-order valence-electron chi connectivity index (χ1n) is 6.96. The Kier molecular flexibility index (Phi) is 5.17. The van der Waals surface area contributed by atoms with Crippen LogP contribution in [0.4, 0.5) is 10.5 Å². The van der Waals surface area contributed by atoms with Gasteiger partial charge in [-0.3, -0.25) is 0 Å². The van der Waals surface area contributed by atoms with Crippen LogP contribution in [0, 0.1) is 0 Å². The highest BCUT2D eigenvalue weighted by atomic mass is 35.5. The molecule has 114 valence electrons. The molecule has 0 aliphatic carbocycles. The Balaban J connectivity index is 2.22. The zero-order chi connectivity index (χ0) is 16.1. The lowest BCUT2D eigenvalue weighted by Gasteiger charge is -2.15. The van der Waals surface area contributed by atoms with Gasteiger partial charge in [-0.25, -0.2) is 4.79 Å². The number of urea groups is 1. The number of carbonyl (C=O) groups is 1. The SMILES string of the molecule is CC(C)c1ccc(N(N=Cc2ccc(Cl)cc2)C(N)=O)cc1. The van der Waals surface area contributed by atoms with E-state index in [-0.39, 0.29) is 0 Å². The van der Waals surface area contributed by atoms with Gasteiger partial charge in [0.15, 0.2) is 0 Å². The molecule has 0 spiro atoms. The molecule has 0 aliphatic heterocycles. The fourth-order valence-corrected chi connectivity index (χ4v) is 2.05. The van der Waals surface area contributed by atoms with Crippen molar-refractivity contribution in [2.45, 2.75) is 19.8 Å². The molecular weight excluding hydrogens is 298 g/mol. The lowest BCUT2D eigenvalue weighted by atomic mass is 10.0. The highest BCUT2D eigenvalue weighted by Gasteiger charge is 2.11. The Morgan fingerprint density at radius 2 is 1.73 bits per heavy atom. The van der Waals surface area contributed by atoms with E-state index in [1.165, 1.54) is 10.6 Å². The van der Waals surface area contributed by atoms with Crippen molar-refractivity contribution < 1.29 is 4.79 Å². The van der Waals surface area contributed by atoms with Gasteiger partial charge in [-0.1, -0.05) is 49.7 Å². The summed E-state index contributed by atoms with van der Waals surface area (Å²) >= 11 is 5.83. The summed E-state index contributed by atoms with van der Waals surface area (Å²) in [5.41, 5.74) is 8.05. The largest absolute Gasteiger partial charge is 0.350 e. The number of hydrogen-bond acceptors (Lipinski definition) is 2. The van der Waals surface area contributed by atoms with E-state index in [4.69, 9.17) is 17.3 Å². The van der Waals surface area contributed by atoms with Crippen LogP contribution in [-0.2, 0) is 0 Å². The lowest BCUT2D eigenvalue weighted by molar-refractivity contribution is 0.254. The van der Waals surface area contributed by atoms with Crippen LogP contribution in [0.5, 0.6) is 0 Å². The zero-order valence-electron chi connectivity index (χ0n) is 12.5. The minimum Gasteiger partial charge on any atom is -0.350 e. The van der Waals surface area contributed by atoms with Crippen molar-refractivity contribution in [2.75, 3.05) is 5.01 Å². The van der Waals surface area contributed by atoms with E-state index in [1.807, 2.05) is 36.4 Å². The molecule has 5 heteroatoms. The van der Waals surface area contributed by atoms with Crippen molar-refractivity contribution in [1.82, 2.24) is 0 Å². The molecular formula is C17H18ClN3O. The van der Waals surface area contributed by atoms with E-state index < -0.39 is 6.03 Å². The molecule has 0 atom stereocenters. The number of hydrogen-bond donors (Lipinski definition) is 1. The molecule has 2 aromatic carbocycles. The summed E-state index contributed by atoms with van der Waals surface area (Å²) in [5.74, 6) is 0.425. The Morgan fingerprint density at radius 1 is 1.14 bits per heavy atom. The monoisotopic (exact) mass is 315 g/mol. The summed E-state index contributed by atoms with van der Waals surface area (Å²) in [6.45, 7) is 4.22. The number of nitrogens with zero attached hydrogens (tertiary/aromatic N) is 2. The van der Waals surface area contributed by atoms with Crippen LogP contribution < -0.4 is 10.7 Å². The van der Waals surface area contributed by atoms with Crippen molar-refractivity contribution >= 4 is 29.5 Å². The first kappa shape index (κ1) is 16.0. The summed E-state index contributed by atoms with van der Waals surface area (Å²) in [6, 6.07) is 14.1. The summed E-state index contributed by atoms with van der Waals surface area (Å²) in [5, 5.41) is 5.97. The number of primary amides is 1. The number of nitrogens with two attached hydrogens (primary N) is 1. The molecule has 0 saturated heterocycles. The Hall–Kier alpha value is -2.33. The van der Waals surface area contributed by atoms with E-state index in [2.05, 4.69) is 18.9 Å². The summed E-state index contributed by atoms with van der Waals surface area (Å²) in [4.78, 5) is 11.6. The average molecular weight is 316 g/mol. The van der Waals surface area contributed by atoms with Crippen LogP contribution in [-0.4, -0.2) is 12.2 Å². The first-order valence-corrected chi connectivity index (χ1v) is 7.34. The number of halogens is 1. The third-order valence-corrected chi connectivity index (χ3v) is 3.46. The Morgan fingerprint density at radius 3 is 2.23 bits per heavy atom. The summed E-state index contributed by atoms with van der Waals surface area (Å²) in [7, 11) is 0. The second-order valence-corrected chi connectivity index (χ2v) is 5.63. The van der Waals surface area contributed by atoms with Crippen LogP contribution in [0.25, 0.3) is 0 Å². The minimum atomic E-state index is -0.637. The average Bonchev–Trinajstić information content (AvgIpc) is 2.49. The molecule has 4 nitrogen and oxygen atoms in total. The number of rotatable bonds is 4. The molecule has 2 amide bonds. The molecule has 0 aliphatic rings. The molecule has 2 N–H and O–H groups in total. The van der Waals surface area contributed by atoms with Crippen molar-refractivity contribution in [3.05, 3.63) is 64.7 Å². The summed E-state index contributed by atoms with van der Waals surface area (Å²) in [6.07, 6.45) is 1.57. The lowest BCUT2D eigenvalue weighted by Crippen LogP contribution is -2.31. The van der Waals surface area contributed by atoms with Gasteiger partial charge in [-0.2, -0.15) is 10.1 Å². The van der Waals surface area contributed by atoms with Crippen LogP contribution in [0.1, 0.15) is 30.9 Å². The molecule has 0 saturated carbocycles. The molecule has 0 unspecified atom stereocenters. The van der Waals surface area contributed by atoms with Crippen LogP contribution in [0.3, 0.4) is 0 Å². The van der Waals surface area contributed by atoms with Gasteiger partial charge in [-0.15, -0.1) is 0 Å². The van der Waals surface area contributed by atoms with E-state index in [1.54, 1.807) is 18.3 Å². The van der Waals surface area contributed by atoms with Gasteiger partial charge in [0.25, 0.3) is 0 Å². The number of benzene rings is 2. The molecule has 2 aromatic rings. The van der Waals surface area contributed by atoms with Gasteiger partial charge < -0.3 is 5.73 Å². The predicted molar refractivity (Wildman–Crippen MR) is 91.6 cm³/mol. The molecule has 0 fully saturated rings. The zero-order valence-corrected chi connectivity index (χ0v) is 13.3. The highest BCUT2D eigenvalue weighted by molar-refractivity contribution is 6.30. The molecule has 22 heavy (non-hydrogen) atoms. The number of amides is 2. The maximum Gasteiger partial charge on any atom is 0.340 e. The maximum atomic E-state index is 11.6. The standard InChI is InChI=1S/C17H18ClN3O/c1-12(2)14-5-9-16(10-6-14)21(17(19)22)20-11-13-3-7-15(18)8-4-13/h3-12H,1-2H3,(H2,19,22). The third kappa shape index (κ3) is 4.09. The van der Waals surface area contributed by atoms with Crippen molar-refractivity contribution in [2.24, 2.45) is 10.8 Å². The first-order chi connectivity index (χ1) is 10.5. The van der Waals surface area contributed by atoms with E-state index in [0.29, 0.717) is 16.6 Å². The van der Waals surface area contributed by atoms with Crippen LogP contribution in [0.15, 0.2) is 53.6 Å². The van der Waals surface area contributed by atoms with Gasteiger partial charge in [0.05, 0.1) is 11.9 Å². The fraction of sp³-hybridized carbons (Fsp3) is 0.176. The van der Waals surface area contributed by atoms with Crippen LogP contribution >= 0.6 is 11.6 Å². The van der Waals surface area contributed by atoms with Gasteiger partial charge in [-0.05, 0) is 41.3 Å². The third-order valence-electron chi connectivity index (χ3n) is 3.21. The van der Waals surface area contributed by atoms with Gasteiger partial charge in [0.2, 0.25) is 0 Å². The smallest absolute Gasteiger partial charge is 0.340 e. The van der Waals surface area contributed by atoms with Crippen molar-refractivity contribution in [1.29, 1.82) is 0 Å². The topological polar surface area (TPSA) is 58.7 Å². The van der Waals surface area contributed by atoms with Crippen molar-refractivity contribution in [3.63, 3.8) is 0 Å². The minimum absolute atomic E-state index is 0.425. The van der Waals surface area contributed by atoms with E-state index in [0.717, 1.165) is 5.56 Å².